The molecule has 2 rings (SSSR count). The molecule has 1 aromatic carbocycles. The van der Waals surface area contributed by atoms with Crippen LogP contribution in [0.15, 0.2) is 24.3 Å². The molecule has 1 fully saturated rings. The van der Waals surface area contributed by atoms with E-state index in [9.17, 15) is 5.21 Å². The fourth-order valence-electron chi connectivity index (χ4n) is 2.09. The summed E-state index contributed by atoms with van der Waals surface area (Å²) >= 11 is 0. The quantitative estimate of drug-likeness (QED) is 0.553. The van der Waals surface area contributed by atoms with Crippen molar-refractivity contribution in [3.8, 4) is 0 Å². The minimum absolute atomic E-state index is 0. The van der Waals surface area contributed by atoms with E-state index in [-0.39, 0.29) is 22.5 Å². The molecular formula is C12H19ClNO2. The van der Waals surface area contributed by atoms with Gasteiger partial charge in [-0.05, 0) is 37.8 Å². The van der Waals surface area contributed by atoms with E-state index < -0.39 is 0 Å². The Kier molecular flexibility index (Phi) is 5.97. The zero-order valence-corrected chi connectivity index (χ0v) is 10.1. The van der Waals surface area contributed by atoms with Gasteiger partial charge in [0.05, 0.1) is 13.1 Å². The Morgan fingerprint density at radius 1 is 1.12 bits per heavy atom. The third kappa shape index (κ3) is 3.19. The third-order valence-corrected chi connectivity index (χ3v) is 2.92. The summed E-state index contributed by atoms with van der Waals surface area (Å²) in [4.78, 5) is 0. The molecule has 0 bridgehead atoms. The minimum atomic E-state index is -0.149. The monoisotopic (exact) mass is 244 g/mol. The summed E-state index contributed by atoms with van der Waals surface area (Å²) in [7, 11) is 0. The van der Waals surface area contributed by atoms with Crippen LogP contribution in [0.2, 0.25) is 0 Å². The number of hydrogen-bond acceptors (Lipinski definition) is 1. The lowest BCUT2D eigenvalue weighted by atomic mass is 10.1. The molecule has 1 aliphatic rings. The van der Waals surface area contributed by atoms with Gasteiger partial charge < -0.3 is 15.3 Å². The largest absolute Gasteiger partial charge is 0.627 e. The first kappa shape index (κ1) is 15.4. The Labute approximate surface area is 103 Å². The number of hydrogen-bond donors (Lipinski definition) is 0. The smallest absolute Gasteiger partial charge is 0.133 e. The summed E-state index contributed by atoms with van der Waals surface area (Å²) in [5.74, 6) is 0. The van der Waals surface area contributed by atoms with Gasteiger partial charge >= 0.3 is 0 Å². The van der Waals surface area contributed by atoms with E-state index in [0.717, 1.165) is 37.2 Å². The van der Waals surface area contributed by atoms with Crippen molar-refractivity contribution >= 4 is 18.1 Å². The molecule has 1 heterocycles. The van der Waals surface area contributed by atoms with Crippen molar-refractivity contribution in [3.63, 3.8) is 0 Å². The van der Waals surface area contributed by atoms with Crippen molar-refractivity contribution in [1.29, 1.82) is 0 Å². The van der Waals surface area contributed by atoms with Crippen LogP contribution in [0.1, 0.15) is 24.8 Å². The van der Waals surface area contributed by atoms with Gasteiger partial charge in [-0.1, -0.05) is 12.1 Å². The Balaban J connectivity index is 0.00000112. The standard InChI is InChI=1S/C12H16NO.ClH.H2O/c1-11-6-5-7-12(10-11)13(14)8-3-2-4-9-13;;/h5-7,10H,1-4,8-9H2;1H;1H2. The van der Waals surface area contributed by atoms with E-state index in [0.29, 0.717) is 0 Å². The third-order valence-electron chi connectivity index (χ3n) is 2.92. The number of hydroxylamine groups is 2. The van der Waals surface area contributed by atoms with E-state index in [1.165, 1.54) is 6.42 Å². The van der Waals surface area contributed by atoms with E-state index in [2.05, 4.69) is 6.92 Å². The van der Waals surface area contributed by atoms with Crippen molar-refractivity contribution in [1.82, 2.24) is 4.65 Å². The highest BCUT2D eigenvalue weighted by Crippen LogP contribution is 2.27. The van der Waals surface area contributed by atoms with Crippen molar-refractivity contribution in [2.24, 2.45) is 0 Å². The van der Waals surface area contributed by atoms with Gasteiger partial charge in [0.15, 0.2) is 0 Å². The number of benzene rings is 1. The molecule has 0 aliphatic carbocycles. The van der Waals surface area contributed by atoms with E-state index in [4.69, 9.17) is 0 Å². The predicted molar refractivity (Wildman–Crippen MR) is 70.5 cm³/mol. The number of rotatable bonds is 1. The summed E-state index contributed by atoms with van der Waals surface area (Å²) in [5.41, 5.74) is 1.80. The molecule has 0 atom stereocenters. The van der Waals surface area contributed by atoms with Gasteiger partial charge in [0.25, 0.3) is 0 Å². The highest BCUT2D eigenvalue weighted by atomic mass is 35.5. The van der Waals surface area contributed by atoms with E-state index in [1.54, 1.807) is 0 Å². The molecule has 0 aromatic heterocycles. The van der Waals surface area contributed by atoms with Gasteiger partial charge in [-0.15, -0.1) is 12.4 Å². The second kappa shape index (κ2) is 6.21. The second-order valence-electron chi connectivity index (χ2n) is 4.07. The van der Waals surface area contributed by atoms with Crippen molar-refractivity contribution in [3.05, 3.63) is 42.0 Å². The van der Waals surface area contributed by atoms with Crippen molar-refractivity contribution in [2.45, 2.75) is 19.3 Å². The zero-order chi connectivity index (χ0) is 10.0. The molecule has 1 aromatic rings. The first-order valence-electron chi connectivity index (χ1n) is 5.21. The van der Waals surface area contributed by atoms with Crippen molar-refractivity contribution < 1.29 is 5.48 Å². The maximum Gasteiger partial charge on any atom is 0.133 e. The minimum Gasteiger partial charge on any atom is -0.627 e. The Hall–Kier alpha value is -0.610. The normalized spacial score (nSPS) is 18.1. The van der Waals surface area contributed by atoms with E-state index in [1.807, 2.05) is 24.3 Å². The van der Waals surface area contributed by atoms with Gasteiger partial charge in [-0.3, -0.25) is 0 Å². The summed E-state index contributed by atoms with van der Waals surface area (Å²) in [6, 6.07) is 7.69. The van der Waals surface area contributed by atoms with Gasteiger partial charge in [0.2, 0.25) is 0 Å². The van der Waals surface area contributed by atoms with Crippen LogP contribution in [0.3, 0.4) is 0 Å². The Morgan fingerprint density at radius 2 is 1.75 bits per heavy atom. The molecule has 1 aliphatic heterocycles. The topological polar surface area (TPSA) is 54.6 Å². The zero-order valence-electron chi connectivity index (χ0n) is 9.32. The highest BCUT2D eigenvalue weighted by molar-refractivity contribution is 5.85. The average molecular weight is 245 g/mol. The Morgan fingerprint density at radius 3 is 2.31 bits per heavy atom. The molecule has 0 saturated carbocycles. The molecule has 1 saturated heterocycles. The summed E-state index contributed by atoms with van der Waals surface area (Å²) in [5, 5.41) is 12.4. The lowest BCUT2D eigenvalue weighted by Crippen LogP contribution is -2.47. The molecule has 0 unspecified atom stereocenters. The summed E-state index contributed by atoms with van der Waals surface area (Å²) in [6.45, 7) is 5.31. The van der Waals surface area contributed by atoms with E-state index >= 15 is 0 Å². The highest BCUT2D eigenvalue weighted by Gasteiger charge is 2.23. The van der Waals surface area contributed by atoms with Crippen LogP contribution in [0, 0.1) is 12.1 Å². The average Bonchev–Trinajstić information content (AvgIpc) is 2.19. The summed E-state index contributed by atoms with van der Waals surface area (Å²) in [6.07, 6.45) is 3.29. The van der Waals surface area contributed by atoms with Crippen LogP contribution in [0.25, 0.3) is 0 Å². The fourth-order valence-corrected chi connectivity index (χ4v) is 2.09. The van der Waals surface area contributed by atoms with Crippen LogP contribution >= 0.6 is 12.4 Å². The van der Waals surface area contributed by atoms with Crippen LogP contribution in [0.5, 0.6) is 0 Å². The van der Waals surface area contributed by atoms with Gasteiger partial charge in [-0.2, -0.15) is 0 Å². The van der Waals surface area contributed by atoms with Gasteiger partial charge in [0.1, 0.15) is 5.69 Å². The number of quaternary nitrogens is 1. The number of piperidine rings is 1. The second-order valence-corrected chi connectivity index (χ2v) is 4.07. The van der Waals surface area contributed by atoms with Gasteiger partial charge in [-0.25, -0.2) is 0 Å². The lowest BCUT2D eigenvalue weighted by Gasteiger charge is -2.44. The summed E-state index contributed by atoms with van der Waals surface area (Å²) < 4.78 is -0.149. The molecule has 0 amide bonds. The van der Waals surface area contributed by atoms with Gasteiger partial charge in [0, 0.05) is 6.07 Å². The predicted octanol–water partition coefficient (Wildman–Crippen LogP) is 2.45. The first-order valence-corrected chi connectivity index (χ1v) is 5.21. The van der Waals surface area contributed by atoms with Crippen LogP contribution in [-0.4, -0.2) is 18.6 Å². The molecule has 2 N–H and O–H groups in total. The molecular weight excluding hydrogens is 226 g/mol. The van der Waals surface area contributed by atoms with Crippen molar-refractivity contribution in [2.75, 3.05) is 13.1 Å². The molecule has 3 nitrogen and oxygen atoms in total. The fraction of sp³-hybridized carbons (Fsp3) is 0.417. The number of nitrogens with zero attached hydrogens (tertiary/aromatic N) is 1. The molecule has 1 radical (unpaired) electrons. The van der Waals surface area contributed by atoms with Crippen LogP contribution < -0.4 is 4.65 Å². The maximum absolute atomic E-state index is 12.4. The molecule has 4 heteroatoms. The van der Waals surface area contributed by atoms with Crippen LogP contribution in [-0.2, 0) is 0 Å². The Bertz CT molecular complexity index is 325. The molecule has 16 heavy (non-hydrogen) atoms. The SMILES string of the molecule is Cl.O.[CH2]c1cccc([N+]2([O-])CCCCC2)c1. The number of halogens is 1. The first-order chi connectivity index (χ1) is 6.71. The molecule has 91 valence electrons. The maximum atomic E-state index is 12.4. The lowest BCUT2D eigenvalue weighted by molar-refractivity contribution is 0.307. The molecule has 0 spiro atoms. The van der Waals surface area contributed by atoms with Crippen LogP contribution in [0.4, 0.5) is 5.69 Å².